The van der Waals surface area contributed by atoms with Gasteiger partial charge in [-0.25, -0.2) is 4.39 Å². The molecule has 0 aromatic heterocycles. The van der Waals surface area contributed by atoms with E-state index < -0.39 is 42.1 Å². The van der Waals surface area contributed by atoms with Gasteiger partial charge < -0.3 is 13.3 Å². The van der Waals surface area contributed by atoms with Gasteiger partial charge in [-0.3, -0.25) is 0 Å². The monoisotopic (exact) mass is 552 g/mol. The van der Waals surface area contributed by atoms with Crippen LogP contribution < -0.4 is 0 Å². The van der Waals surface area contributed by atoms with E-state index in [1.807, 2.05) is 0 Å². The molecule has 4 aliphatic carbocycles. The number of hydrogen-bond donors (Lipinski definition) is 0. The summed E-state index contributed by atoms with van der Waals surface area (Å²) in [6.45, 7) is 27.1. The van der Waals surface area contributed by atoms with Gasteiger partial charge >= 0.3 is 0 Å². The summed E-state index contributed by atoms with van der Waals surface area (Å²) in [5.41, 5.74) is -1.09. The summed E-state index contributed by atoms with van der Waals surface area (Å²) in [5, 5.41) is 0. The van der Waals surface area contributed by atoms with Gasteiger partial charge in [-0.2, -0.15) is 0 Å². The van der Waals surface area contributed by atoms with Gasteiger partial charge in [-0.1, -0.05) is 19.9 Å². The van der Waals surface area contributed by atoms with E-state index in [9.17, 15) is 0 Å². The van der Waals surface area contributed by atoms with Crippen LogP contribution in [0.5, 0.6) is 0 Å². The second-order valence-corrected chi connectivity index (χ2v) is 29.2. The van der Waals surface area contributed by atoms with Crippen LogP contribution in [0.3, 0.4) is 0 Å². The Hall–Kier alpha value is -0.219. The molecule has 0 unspecified atom stereocenters. The molecule has 7 atom stereocenters. The van der Waals surface area contributed by atoms with Crippen LogP contribution >= 0.6 is 0 Å². The van der Waals surface area contributed by atoms with Crippen LogP contribution in [0.2, 0.25) is 58.9 Å². The molecule has 7 heteroatoms. The molecule has 0 N–H and O–H groups in total. The highest BCUT2D eigenvalue weighted by molar-refractivity contribution is 6.70. The molecular weight excluding hydrogens is 500 g/mol. The zero-order chi connectivity index (χ0) is 27.2. The standard InChI is InChI=1S/C29H53FO3Si3/c1-26-17-15-22(31-34(4,5)6)19-21(26)13-14-24-23-16-18-28(3,33-36(10,11)12)27(23,2)20-25(29(24,26)30)32-35(7,8)9/h13,19,23-25H,14-18,20H2,1-12H3/t23-,24-,25-,26-,27-,28-,29-/m0/s1. The predicted molar refractivity (Wildman–Crippen MR) is 156 cm³/mol. The van der Waals surface area contributed by atoms with Gasteiger partial charge in [0.2, 0.25) is 8.32 Å². The van der Waals surface area contributed by atoms with E-state index in [0.717, 1.165) is 49.9 Å². The summed E-state index contributed by atoms with van der Waals surface area (Å²) < 4.78 is 38.7. The number of allylic oxidation sites excluding steroid dienone is 4. The van der Waals surface area contributed by atoms with Gasteiger partial charge in [0.1, 0.15) is 5.67 Å². The fourth-order valence-electron chi connectivity index (χ4n) is 8.35. The van der Waals surface area contributed by atoms with E-state index >= 15 is 4.39 Å². The van der Waals surface area contributed by atoms with Gasteiger partial charge in [0.25, 0.3) is 0 Å². The third kappa shape index (κ3) is 4.71. The first-order chi connectivity index (χ1) is 16.1. The first kappa shape index (κ1) is 28.8. The third-order valence-electron chi connectivity index (χ3n) is 9.79. The minimum absolute atomic E-state index is 0.0359. The van der Waals surface area contributed by atoms with Crippen molar-refractivity contribution >= 4 is 25.0 Å². The molecule has 206 valence electrons. The van der Waals surface area contributed by atoms with E-state index in [1.54, 1.807) is 0 Å². The summed E-state index contributed by atoms with van der Waals surface area (Å²) in [6, 6.07) is 0. The molecule has 0 amide bonds. The van der Waals surface area contributed by atoms with Gasteiger partial charge in [0.15, 0.2) is 16.6 Å². The fraction of sp³-hybridized carbons (Fsp3) is 0.862. The first-order valence-electron chi connectivity index (χ1n) is 14.3. The highest BCUT2D eigenvalue weighted by Gasteiger charge is 2.73. The van der Waals surface area contributed by atoms with Crippen molar-refractivity contribution in [2.24, 2.45) is 22.7 Å². The minimum Gasteiger partial charge on any atom is -0.547 e. The van der Waals surface area contributed by atoms with Crippen molar-refractivity contribution in [1.29, 1.82) is 0 Å². The second kappa shape index (κ2) is 8.64. The molecule has 0 aromatic carbocycles. The highest BCUT2D eigenvalue weighted by Crippen LogP contribution is 2.71. The average Bonchev–Trinajstić information content (AvgIpc) is 2.90. The molecule has 0 heterocycles. The summed E-state index contributed by atoms with van der Waals surface area (Å²) in [5.74, 6) is 1.33. The molecule has 36 heavy (non-hydrogen) atoms. The van der Waals surface area contributed by atoms with Crippen molar-refractivity contribution in [3.05, 3.63) is 23.5 Å². The topological polar surface area (TPSA) is 27.7 Å². The van der Waals surface area contributed by atoms with Crippen molar-refractivity contribution < 1.29 is 17.7 Å². The molecule has 0 aromatic rings. The number of alkyl halides is 1. The van der Waals surface area contributed by atoms with Crippen LogP contribution in [0.1, 0.15) is 59.3 Å². The molecule has 0 spiro atoms. The van der Waals surface area contributed by atoms with Crippen LogP contribution in [0.4, 0.5) is 4.39 Å². The first-order valence-corrected chi connectivity index (χ1v) is 24.5. The predicted octanol–water partition coefficient (Wildman–Crippen LogP) is 8.83. The molecule has 0 radical (unpaired) electrons. The number of fused-ring (bicyclic) bond motifs is 5. The maximum atomic E-state index is 18.4. The summed E-state index contributed by atoms with van der Waals surface area (Å²) in [7, 11) is -5.48. The SMILES string of the molecule is C[C@]12CCC(O[Si](C)(C)C)=CC1=CC[C@H]1[C@@H]3CC[C@](C)(O[Si](C)(C)C)[C@@]3(C)C[C@H](O[Si](C)(C)C)[C@@]12F. The highest BCUT2D eigenvalue weighted by atomic mass is 28.4. The fourth-order valence-corrected chi connectivity index (χ4v) is 12.1. The van der Waals surface area contributed by atoms with Crippen LogP contribution in [0.25, 0.3) is 0 Å². The lowest BCUT2D eigenvalue weighted by Gasteiger charge is -2.65. The van der Waals surface area contributed by atoms with E-state index in [4.69, 9.17) is 13.3 Å². The molecule has 4 rings (SSSR count). The maximum absolute atomic E-state index is 18.4. The Bertz CT molecular complexity index is 945. The molecule has 0 aliphatic heterocycles. The quantitative estimate of drug-likeness (QED) is 0.308. The Balaban J connectivity index is 1.81. The Kier molecular flexibility index (Phi) is 6.91. The lowest BCUT2D eigenvalue weighted by Crippen LogP contribution is -2.69. The van der Waals surface area contributed by atoms with Crippen LogP contribution in [0, 0.1) is 22.7 Å². The number of rotatable bonds is 6. The van der Waals surface area contributed by atoms with E-state index in [0.29, 0.717) is 5.92 Å². The molecule has 0 bridgehead atoms. The lowest BCUT2D eigenvalue weighted by atomic mass is 9.45. The van der Waals surface area contributed by atoms with E-state index in [-0.39, 0.29) is 16.9 Å². The Morgan fingerprint density at radius 3 is 2.06 bits per heavy atom. The number of halogens is 1. The van der Waals surface area contributed by atoms with E-state index in [1.165, 1.54) is 0 Å². The van der Waals surface area contributed by atoms with Gasteiger partial charge in [0, 0.05) is 23.2 Å². The van der Waals surface area contributed by atoms with Crippen LogP contribution in [0.15, 0.2) is 23.5 Å². The van der Waals surface area contributed by atoms with Gasteiger partial charge in [0.05, 0.1) is 17.5 Å². The van der Waals surface area contributed by atoms with Crippen molar-refractivity contribution in [2.75, 3.05) is 0 Å². The largest absolute Gasteiger partial charge is 0.547 e. The van der Waals surface area contributed by atoms with E-state index in [2.05, 4.69) is 91.8 Å². The molecule has 2 saturated carbocycles. The number of hydrogen-bond acceptors (Lipinski definition) is 3. The van der Waals surface area contributed by atoms with Gasteiger partial charge in [-0.15, -0.1) is 0 Å². The molecule has 4 aliphatic rings. The third-order valence-corrected chi connectivity index (χ3v) is 12.7. The second-order valence-electron chi connectivity index (χ2n) is 15.9. The van der Waals surface area contributed by atoms with Crippen molar-refractivity contribution in [1.82, 2.24) is 0 Å². The minimum atomic E-state index is -2.00. The average molecular weight is 553 g/mol. The summed E-state index contributed by atoms with van der Waals surface area (Å²) in [4.78, 5) is 0. The lowest BCUT2D eigenvalue weighted by molar-refractivity contribution is -0.210. The molecule has 0 saturated heterocycles. The van der Waals surface area contributed by atoms with Crippen molar-refractivity contribution in [3.8, 4) is 0 Å². The maximum Gasteiger partial charge on any atom is 0.241 e. The molecule has 3 nitrogen and oxygen atoms in total. The summed E-state index contributed by atoms with van der Waals surface area (Å²) in [6.07, 6.45) is 9.37. The Labute approximate surface area is 224 Å². The Morgan fingerprint density at radius 2 is 1.50 bits per heavy atom. The van der Waals surface area contributed by atoms with Crippen LogP contribution in [-0.4, -0.2) is 42.3 Å². The van der Waals surface area contributed by atoms with Crippen molar-refractivity contribution in [2.45, 2.75) is 136 Å². The summed E-state index contributed by atoms with van der Waals surface area (Å²) >= 11 is 0. The van der Waals surface area contributed by atoms with Crippen LogP contribution in [-0.2, 0) is 13.3 Å². The zero-order valence-corrected chi connectivity index (χ0v) is 28.2. The molecular formula is C29H53FO3Si3. The van der Waals surface area contributed by atoms with Gasteiger partial charge in [-0.05, 0) is 116 Å². The smallest absolute Gasteiger partial charge is 0.241 e. The normalized spacial score (nSPS) is 43.2. The molecule has 2 fully saturated rings. The van der Waals surface area contributed by atoms with Crippen molar-refractivity contribution in [3.63, 3.8) is 0 Å². The zero-order valence-electron chi connectivity index (χ0n) is 25.2. The Morgan fingerprint density at radius 1 is 0.861 bits per heavy atom.